The molecule has 0 bridgehead atoms. The van der Waals surface area contributed by atoms with Gasteiger partial charge in [0.25, 0.3) is 0 Å². The van der Waals surface area contributed by atoms with E-state index >= 15 is 0 Å². The fourth-order valence-corrected chi connectivity index (χ4v) is 6.93. The highest BCUT2D eigenvalue weighted by molar-refractivity contribution is 6.26. The van der Waals surface area contributed by atoms with E-state index < -0.39 is 0 Å². The van der Waals surface area contributed by atoms with Gasteiger partial charge in [-0.1, -0.05) is 158 Å². The minimum atomic E-state index is 0.643. The van der Waals surface area contributed by atoms with Crippen LogP contribution in [0.3, 0.4) is 0 Å². The van der Waals surface area contributed by atoms with Crippen LogP contribution in [0.15, 0.2) is 176 Å². The monoisotopic (exact) mass is 637 g/mol. The molecule has 3 heteroatoms. The van der Waals surface area contributed by atoms with Crippen molar-refractivity contribution in [1.29, 1.82) is 0 Å². The van der Waals surface area contributed by atoms with Crippen molar-refractivity contribution in [2.75, 3.05) is 0 Å². The number of hydrogen-bond acceptors (Lipinski definition) is 3. The summed E-state index contributed by atoms with van der Waals surface area (Å²) in [7, 11) is 0. The standard InChI is InChI=1S/C47H31N3/c1-2-31-23-25-41-42-26-24-37(30-44(42)40-22-10-9-21-39(40)43(41)27-31)35-18-11-17-34(28-35)36-19-12-20-38(29-36)47-49-45(32-13-5-3-6-14-32)48-46(50-47)33-15-7-4-8-16-33/h2-30H,1H2. The lowest BCUT2D eigenvalue weighted by atomic mass is 9.90. The van der Waals surface area contributed by atoms with Crippen LogP contribution in [-0.4, -0.2) is 15.0 Å². The Hall–Kier alpha value is -6.71. The van der Waals surface area contributed by atoms with Crippen molar-refractivity contribution in [2.45, 2.75) is 0 Å². The summed E-state index contributed by atoms with van der Waals surface area (Å²) < 4.78 is 0. The molecule has 0 spiro atoms. The van der Waals surface area contributed by atoms with Crippen LogP contribution in [0, 0.1) is 0 Å². The number of aromatic nitrogens is 3. The van der Waals surface area contributed by atoms with E-state index in [-0.39, 0.29) is 0 Å². The molecule has 0 fully saturated rings. The van der Waals surface area contributed by atoms with Crippen molar-refractivity contribution < 1.29 is 0 Å². The number of fused-ring (bicyclic) bond motifs is 6. The molecule has 3 nitrogen and oxygen atoms in total. The van der Waals surface area contributed by atoms with Crippen molar-refractivity contribution >= 4 is 38.4 Å². The largest absolute Gasteiger partial charge is 0.208 e. The number of hydrogen-bond donors (Lipinski definition) is 0. The molecule has 0 N–H and O–H groups in total. The molecule has 0 saturated carbocycles. The van der Waals surface area contributed by atoms with Gasteiger partial charge in [0, 0.05) is 16.7 Å². The normalized spacial score (nSPS) is 11.3. The molecule has 0 aliphatic rings. The Morgan fingerprint density at radius 1 is 0.300 bits per heavy atom. The van der Waals surface area contributed by atoms with E-state index in [0.29, 0.717) is 17.5 Å². The molecule has 1 heterocycles. The van der Waals surface area contributed by atoms with E-state index in [9.17, 15) is 0 Å². The molecule has 0 aliphatic carbocycles. The molecule has 1 aromatic heterocycles. The maximum Gasteiger partial charge on any atom is 0.164 e. The van der Waals surface area contributed by atoms with Crippen LogP contribution < -0.4 is 0 Å². The third-order valence-corrected chi connectivity index (χ3v) is 9.45. The zero-order valence-corrected chi connectivity index (χ0v) is 27.3. The molecule has 234 valence electrons. The molecule has 0 aliphatic heterocycles. The van der Waals surface area contributed by atoms with Gasteiger partial charge < -0.3 is 0 Å². The topological polar surface area (TPSA) is 38.7 Å². The van der Waals surface area contributed by atoms with Crippen LogP contribution in [-0.2, 0) is 0 Å². The van der Waals surface area contributed by atoms with Crippen molar-refractivity contribution in [3.05, 3.63) is 182 Å². The molecule has 0 amide bonds. The minimum absolute atomic E-state index is 0.643. The van der Waals surface area contributed by atoms with Crippen molar-refractivity contribution in [3.63, 3.8) is 0 Å². The Kier molecular flexibility index (Phi) is 7.29. The lowest BCUT2D eigenvalue weighted by molar-refractivity contribution is 1.07. The van der Waals surface area contributed by atoms with E-state index in [4.69, 9.17) is 15.0 Å². The first-order chi connectivity index (χ1) is 24.7. The Bertz CT molecular complexity index is 2640. The van der Waals surface area contributed by atoms with Crippen LogP contribution in [0.25, 0.3) is 94.8 Å². The summed E-state index contributed by atoms with van der Waals surface area (Å²) in [6.07, 6.45) is 1.91. The summed E-state index contributed by atoms with van der Waals surface area (Å²) in [5, 5.41) is 7.52. The van der Waals surface area contributed by atoms with E-state index in [2.05, 4.69) is 116 Å². The summed E-state index contributed by atoms with van der Waals surface area (Å²) in [6, 6.07) is 59.6. The first-order valence-corrected chi connectivity index (χ1v) is 16.8. The van der Waals surface area contributed by atoms with Gasteiger partial charge in [0.05, 0.1) is 0 Å². The average molecular weight is 638 g/mol. The van der Waals surface area contributed by atoms with Crippen molar-refractivity contribution in [2.24, 2.45) is 0 Å². The van der Waals surface area contributed by atoms with Crippen molar-refractivity contribution in [1.82, 2.24) is 15.0 Å². The first-order valence-electron chi connectivity index (χ1n) is 16.8. The van der Waals surface area contributed by atoms with Gasteiger partial charge in [-0.25, -0.2) is 15.0 Å². The minimum Gasteiger partial charge on any atom is -0.208 e. The molecule has 0 saturated heterocycles. The molecule has 9 aromatic rings. The van der Waals surface area contributed by atoms with Gasteiger partial charge in [0.1, 0.15) is 0 Å². The Balaban J connectivity index is 1.13. The predicted molar refractivity (Wildman–Crippen MR) is 210 cm³/mol. The SMILES string of the molecule is C=Cc1ccc2c3ccc(-c4cccc(-c5cccc(-c6nc(-c7ccccc7)nc(-c7ccccc7)n6)c5)c4)cc3c3ccccc3c2c1. The Morgan fingerprint density at radius 2 is 0.700 bits per heavy atom. The van der Waals surface area contributed by atoms with Gasteiger partial charge in [0.15, 0.2) is 17.5 Å². The molecule has 0 radical (unpaired) electrons. The lowest BCUT2D eigenvalue weighted by Crippen LogP contribution is -2.00. The van der Waals surface area contributed by atoms with E-state index in [1.54, 1.807) is 0 Å². The number of nitrogens with zero attached hydrogens (tertiary/aromatic N) is 3. The van der Waals surface area contributed by atoms with Gasteiger partial charge >= 0.3 is 0 Å². The summed E-state index contributed by atoms with van der Waals surface area (Å²) in [5.41, 5.74) is 8.55. The third kappa shape index (κ3) is 5.32. The zero-order chi connectivity index (χ0) is 33.4. The first kappa shape index (κ1) is 29.4. The van der Waals surface area contributed by atoms with Gasteiger partial charge in [-0.05, 0) is 84.4 Å². The predicted octanol–water partition coefficient (Wildman–Crippen LogP) is 12.3. The molecule has 9 rings (SSSR count). The molecular weight excluding hydrogens is 607 g/mol. The fourth-order valence-electron chi connectivity index (χ4n) is 6.93. The van der Waals surface area contributed by atoms with E-state index in [0.717, 1.165) is 33.4 Å². The van der Waals surface area contributed by atoms with Crippen LogP contribution in [0.1, 0.15) is 5.56 Å². The Morgan fingerprint density at radius 3 is 1.26 bits per heavy atom. The maximum absolute atomic E-state index is 4.96. The highest BCUT2D eigenvalue weighted by atomic mass is 15.0. The Labute approximate surface area is 290 Å². The fraction of sp³-hybridized carbons (Fsp3) is 0. The average Bonchev–Trinajstić information content (AvgIpc) is 3.21. The van der Waals surface area contributed by atoms with Crippen LogP contribution in [0.4, 0.5) is 0 Å². The number of benzene rings is 8. The molecule has 0 atom stereocenters. The smallest absolute Gasteiger partial charge is 0.164 e. The molecule has 50 heavy (non-hydrogen) atoms. The van der Waals surface area contributed by atoms with Gasteiger partial charge in [-0.2, -0.15) is 0 Å². The van der Waals surface area contributed by atoms with Crippen LogP contribution >= 0.6 is 0 Å². The number of rotatable bonds is 6. The highest BCUT2D eigenvalue weighted by Gasteiger charge is 2.14. The van der Waals surface area contributed by atoms with E-state index in [1.165, 1.54) is 43.4 Å². The molecular formula is C47H31N3. The quantitative estimate of drug-likeness (QED) is 0.170. The summed E-state index contributed by atoms with van der Waals surface area (Å²) in [4.78, 5) is 14.8. The second kappa shape index (κ2) is 12.4. The molecule has 8 aromatic carbocycles. The maximum atomic E-state index is 4.96. The summed E-state index contributed by atoms with van der Waals surface area (Å²) >= 11 is 0. The van der Waals surface area contributed by atoms with Crippen LogP contribution in [0.5, 0.6) is 0 Å². The summed E-state index contributed by atoms with van der Waals surface area (Å²) in [6.45, 7) is 4.00. The van der Waals surface area contributed by atoms with Crippen LogP contribution in [0.2, 0.25) is 0 Å². The third-order valence-electron chi connectivity index (χ3n) is 9.45. The zero-order valence-electron chi connectivity index (χ0n) is 27.3. The lowest BCUT2D eigenvalue weighted by Gasteiger charge is -2.13. The van der Waals surface area contributed by atoms with Gasteiger partial charge in [0.2, 0.25) is 0 Å². The summed E-state index contributed by atoms with van der Waals surface area (Å²) in [5.74, 6) is 1.95. The second-order valence-electron chi connectivity index (χ2n) is 12.5. The van der Waals surface area contributed by atoms with Gasteiger partial charge in [-0.15, -0.1) is 0 Å². The van der Waals surface area contributed by atoms with E-state index in [1.807, 2.05) is 66.7 Å². The van der Waals surface area contributed by atoms with Crippen molar-refractivity contribution in [3.8, 4) is 56.4 Å². The van der Waals surface area contributed by atoms with Gasteiger partial charge in [-0.3, -0.25) is 0 Å². The second-order valence-corrected chi connectivity index (χ2v) is 12.5. The highest BCUT2D eigenvalue weighted by Crippen LogP contribution is 2.38. The molecule has 0 unspecified atom stereocenters.